The SMILES string of the molecule is CSN1C2=C1C(N)C1(CCN(c3nccnc3C(N)=O)CC1)C2. The summed E-state index contributed by atoms with van der Waals surface area (Å²) in [5.74, 6) is 0.0616. The quantitative estimate of drug-likeness (QED) is 0.786. The molecule has 1 atom stereocenters. The van der Waals surface area contributed by atoms with Crippen LogP contribution in [0.15, 0.2) is 23.8 Å². The van der Waals surface area contributed by atoms with Gasteiger partial charge in [0.1, 0.15) is 0 Å². The number of rotatable bonds is 3. The highest BCUT2D eigenvalue weighted by atomic mass is 32.2. The second-order valence-corrected chi connectivity index (χ2v) is 7.14. The topological polar surface area (TPSA) is 101 Å². The molecule has 122 valence electrons. The van der Waals surface area contributed by atoms with Gasteiger partial charge >= 0.3 is 0 Å². The predicted octanol–water partition coefficient (Wildman–Crippen LogP) is 0.698. The molecule has 4 N–H and O–H groups in total. The van der Waals surface area contributed by atoms with E-state index in [9.17, 15) is 4.79 Å². The molecule has 1 saturated heterocycles. The summed E-state index contributed by atoms with van der Waals surface area (Å²) in [5.41, 5.74) is 15.1. The van der Waals surface area contributed by atoms with Crippen molar-refractivity contribution < 1.29 is 4.79 Å². The van der Waals surface area contributed by atoms with E-state index in [0.717, 1.165) is 32.4 Å². The van der Waals surface area contributed by atoms with E-state index < -0.39 is 5.91 Å². The minimum Gasteiger partial charge on any atom is -0.364 e. The number of aromatic nitrogens is 2. The van der Waals surface area contributed by atoms with Crippen LogP contribution in [0.4, 0.5) is 5.82 Å². The monoisotopic (exact) mass is 332 g/mol. The highest BCUT2D eigenvalue weighted by Gasteiger charge is 2.57. The smallest absolute Gasteiger partial charge is 0.271 e. The highest BCUT2D eigenvalue weighted by molar-refractivity contribution is 7.96. The van der Waals surface area contributed by atoms with E-state index in [1.54, 1.807) is 18.1 Å². The Bertz CT molecular complexity index is 697. The van der Waals surface area contributed by atoms with Crippen molar-refractivity contribution in [3.8, 4) is 0 Å². The molecule has 23 heavy (non-hydrogen) atoms. The molecule has 7 nitrogen and oxygen atoms in total. The third-order valence-electron chi connectivity index (χ3n) is 5.34. The number of carbonyl (C=O) groups is 1. The summed E-state index contributed by atoms with van der Waals surface area (Å²) in [4.78, 5) is 22.0. The molecule has 1 amide bonds. The zero-order chi connectivity index (χ0) is 16.2. The summed E-state index contributed by atoms with van der Waals surface area (Å²) in [6, 6.07) is 0.129. The molecule has 1 aliphatic carbocycles. The van der Waals surface area contributed by atoms with Crippen LogP contribution in [0.1, 0.15) is 29.8 Å². The van der Waals surface area contributed by atoms with E-state index in [0.29, 0.717) is 5.82 Å². The van der Waals surface area contributed by atoms with Crippen molar-refractivity contribution in [2.24, 2.45) is 16.9 Å². The maximum Gasteiger partial charge on any atom is 0.271 e. The Morgan fingerprint density at radius 2 is 2.04 bits per heavy atom. The highest BCUT2D eigenvalue weighted by Crippen LogP contribution is 2.59. The van der Waals surface area contributed by atoms with Gasteiger partial charge in [-0.2, -0.15) is 0 Å². The lowest BCUT2D eigenvalue weighted by molar-refractivity contribution is 0.0995. The molecule has 1 aromatic heterocycles. The Labute approximate surface area is 139 Å². The number of nitrogens with zero attached hydrogens (tertiary/aromatic N) is 4. The number of anilines is 1. The van der Waals surface area contributed by atoms with Crippen LogP contribution in [-0.4, -0.2) is 45.6 Å². The number of hydrogen-bond donors (Lipinski definition) is 2. The summed E-state index contributed by atoms with van der Waals surface area (Å²) in [5, 5.41) is 0. The number of nitrogens with two attached hydrogens (primary N) is 2. The number of hydrogen-bond acceptors (Lipinski definition) is 7. The number of allylic oxidation sites excluding steroid dienone is 1. The van der Waals surface area contributed by atoms with Crippen molar-refractivity contribution in [2.45, 2.75) is 25.3 Å². The van der Waals surface area contributed by atoms with Crippen LogP contribution in [0.5, 0.6) is 0 Å². The van der Waals surface area contributed by atoms with Crippen molar-refractivity contribution in [1.29, 1.82) is 0 Å². The Kier molecular flexibility index (Phi) is 3.28. The molecule has 0 aromatic carbocycles. The Morgan fingerprint density at radius 3 is 2.61 bits per heavy atom. The summed E-state index contributed by atoms with van der Waals surface area (Å²) in [7, 11) is 0. The van der Waals surface area contributed by atoms with Crippen molar-refractivity contribution in [2.75, 3.05) is 24.2 Å². The van der Waals surface area contributed by atoms with Crippen LogP contribution in [0, 0.1) is 5.41 Å². The summed E-state index contributed by atoms with van der Waals surface area (Å²) >= 11 is 1.74. The predicted molar refractivity (Wildman–Crippen MR) is 89.4 cm³/mol. The van der Waals surface area contributed by atoms with Crippen molar-refractivity contribution in [1.82, 2.24) is 14.3 Å². The van der Waals surface area contributed by atoms with Crippen LogP contribution >= 0.6 is 11.9 Å². The van der Waals surface area contributed by atoms with Crippen LogP contribution in [0.2, 0.25) is 0 Å². The first-order valence-electron chi connectivity index (χ1n) is 7.76. The van der Waals surface area contributed by atoms with Gasteiger partial charge in [-0.1, -0.05) is 0 Å². The zero-order valence-corrected chi connectivity index (χ0v) is 13.8. The second kappa shape index (κ2) is 5.10. The average Bonchev–Trinajstić information content (AvgIpc) is 3.19. The minimum absolute atomic E-state index is 0.129. The van der Waals surface area contributed by atoms with E-state index in [4.69, 9.17) is 11.5 Å². The van der Waals surface area contributed by atoms with Crippen LogP contribution in [0.3, 0.4) is 0 Å². The molecule has 0 radical (unpaired) electrons. The van der Waals surface area contributed by atoms with E-state index in [1.165, 1.54) is 17.6 Å². The van der Waals surface area contributed by atoms with Gasteiger partial charge in [-0.25, -0.2) is 9.97 Å². The van der Waals surface area contributed by atoms with E-state index in [2.05, 4.69) is 25.4 Å². The standard InChI is InChI=1S/C15H20N6OS/c1-23-21-9-8-15(12(16)11(9)21)2-6-20(7-3-15)14-10(13(17)22)18-4-5-19-14/h4-5,12H,2-3,6-8,16H2,1H3,(H2,17,22). The lowest BCUT2D eigenvalue weighted by Crippen LogP contribution is -2.50. The molecule has 0 saturated carbocycles. The number of amides is 1. The van der Waals surface area contributed by atoms with Crippen molar-refractivity contribution >= 4 is 23.7 Å². The number of primary amides is 1. The van der Waals surface area contributed by atoms with Gasteiger partial charge in [0.2, 0.25) is 0 Å². The molecule has 1 spiro atoms. The lowest BCUT2D eigenvalue weighted by Gasteiger charge is -2.44. The van der Waals surface area contributed by atoms with Crippen molar-refractivity contribution in [3.63, 3.8) is 0 Å². The van der Waals surface area contributed by atoms with Crippen LogP contribution in [0.25, 0.3) is 0 Å². The Morgan fingerprint density at radius 1 is 1.35 bits per heavy atom. The molecular weight excluding hydrogens is 312 g/mol. The zero-order valence-electron chi connectivity index (χ0n) is 13.0. The number of carbonyl (C=O) groups excluding carboxylic acids is 1. The molecule has 4 rings (SSSR count). The van der Waals surface area contributed by atoms with Gasteiger partial charge in [0.25, 0.3) is 5.91 Å². The third-order valence-corrected chi connectivity index (χ3v) is 6.12. The molecule has 3 heterocycles. The van der Waals surface area contributed by atoms with Crippen molar-refractivity contribution in [3.05, 3.63) is 29.5 Å². The van der Waals surface area contributed by atoms with Gasteiger partial charge in [0.15, 0.2) is 11.5 Å². The Balaban J connectivity index is 1.48. The fourth-order valence-corrected chi connectivity index (χ4v) is 4.75. The first-order valence-corrected chi connectivity index (χ1v) is 8.94. The van der Waals surface area contributed by atoms with Gasteiger partial charge < -0.3 is 16.4 Å². The average molecular weight is 332 g/mol. The fraction of sp³-hybridized carbons (Fsp3) is 0.533. The molecular formula is C15H20N6OS. The van der Waals surface area contributed by atoms with Gasteiger partial charge in [-0.3, -0.25) is 9.10 Å². The summed E-state index contributed by atoms with van der Waals surface area (Å²) < 4.78 is 2.26. The maximum atomic E-state index is 11.5. The van der Waals surface area contributed by atoms with Gasteiger partial charge in [0, 0.05) is 37.2 Å². The van der Waals surface area contributed by atoms with E-state index >= 15 is 0 Å². The van der Waals surface area contributed by atoms with Gasteiger partial charge in [0.05, 0.1) is 17.4 Å². The fourth-order valence-electron chi connectivity index (χ4n) is 3.99. The summed E-state index contributed by atoms with van der Waals surface area (Å²) in [6.07, 6.45) is 8.25. The first-order chi connectivity index (χ1) is 11.1. The van der Waals surface area contributed by atoms with Crippen LogP contribution in [-0.2, 0) is 0 Å². The normalized spacial score (nSPS) is 25.0. The minimum atomic E-state index is -0.533. The van der Waals surface area contributed by atoms with Crippen LogP contribution < -0.4 is 16.4 Å². The largest absolute Gasteiger partial charge is 0.364 e. The second-order valence-electron chi connectivity index (χ2n) is 6.41. The first kappa shape index (κ1) is 14.8. The van der Waals surface area contributed by atoms with Gasteiger partial charge in [-0.15, -0.1) is 0 Å². The third kappa shape index (κ3) is 2.12. The molecule has 0 bridgehead atoms. The molecule has 2 aliphatic heterocycles. The molecule has 3 aliphatic rings. The maximum absolute atomic E-state index is 11.5. The molecule has 8 heteroatoms. The number of piperidine rings is 2. The molecule has 1 fully saturated rings. The van der Waals surface area contributed by atoms with Gasteiger partial charge in [-0.05, 0) is 31.2 Å². The summed E-state index contributed by atoms with van der Waals surface area (Å²) in [6.45, 7) is 1.65. The van der Waals surface area contributed by atoms with E-state index in [-0.39, 0.29) is 17.2 Å². The lowest BCUT2D eigenvalue weighted by atomic mass is 9.72. The molecule has 1 unspecified atom stereocenters. The molecule has 1 aromatic rings. The van der Waals surface area contributed by atoms with E-state index in [1.807, 2.05) is 0 Å². The Hall–Kier alpha value is -1.80.